The molecule has 0 spiro atoms. The van der Waals surface area contributed by atoms with Gasteiger partial charge in [0.1, 0.15) is 0 Å². The highest BCUT2D eigenvalue weighted by atomic mass is 16.4. The van der Waals surface area contributed by atoms with Crippen molar-refractivity contribution in [2.75, 3.05) is 0 Å². The number of hydrogen-bond donors (Lipinski definition) is 1. The predicted octanol–water partition coefficient (Wildman–Crippen LogP) is 5.27. The van der Waals surface area contributed by atoms with Crippen molar-refractivity contribution in [3.63, 3.8) is 0 Å². The predicted molar refractivity (Wildman–Crippen MR) is 84.7 cm³/mol. The average Bonchev–Trinajstić information content (AvgIpc) is 2.41. The lowest BCUT2D eigenvalue weighted by atomic mass is 9.99. The zero-order chi connectivity index (χ0) is 14.6. The molecule has 1 aliphatic rings. The SMILES string of the molecule is CC1C/C=C/C(=C\C=C\C(=O)O)CCCCCCCC1. The minimum absolute atomic E-state index is 0.753. The first-order chi connectivity index (χ1) is 9.68. The molecule has 0 aromatic rings. The molecular formula is C18H28O2. The summed E-state index contributed by atoms with van der Waals surface area (Å²) in [6.07, 6.45) is 20.6. The van der Waals surface area contributed by atoms with Crippen molar-refractivity contribution in [1.82, 2.24) is 0 Å². The summed E-state index contributed by atoms with van der Waals surface area (Å²) in [6, 6.07) is 0. The number of carboxylic acids is 1. The summed E-state index contributed by atoms with van der Waals surface area (Å²) >= 11 is 0. The van der Waals surface area contributed by atoms with Gasteiger partial charge in [-0.3, -0.25) is 0 Å². The second-order valence-corrected chi connectivity index (χ2v) is 5.84. The molecule has 1 N–H and O–H groups in total. The van der Waals surface area contributed by atoms with E-state index in [2.05, 4.69) is 19.1 Å². The van der Waals surface area contributed by atoms with E-state index in [1.54, 1.807) is 6.08 Å². The van der Waals surface area contributed by atoms with E-state index in [1.165, 1.54) is 56.6 Å². The molecule has 0 heterocycles. The minimum atomic E-state index is -0.885. The van der Waals surface area contributed by atoms with Gasteiger partial charge in [0.05, 0.1) is 0 Å². The van der Waals surface area contributed by atoms with Crippen molar-refractivity contribution in [3.8, 4) is 0 Å². The Morgan fingerprint density at radius 3 is 2.65 bits per heavy atom. The first-order valence-electron chi connectivity index (χ1n) is 7.95. The van der Waals surface area contributed by atoms with E-state index in [1.807, 2.05) is 6.08 Å². The second kappa shape index (κ2) is 10.5. The normalized spacial score (nSPS) is 26.6. The molecule has 1 rings (SSSR count). The molecule has 2 nitrogen and oxygen atoms in total. The summed E-state index contributed by atoms with van der Waals surface area (Å²) in [7, 11) is 0. The van der Waals surface area contributed by atoms with Gasteiger partial charge in [-0.15, -0.1) is 0 Å². The Morgan fingerprint density at radius 1 is 1.20 bits per heavy atom. The number of carbonyl (C=O) groups is 1. The van der Waals surface area contributed by atoms with Crippen LogP contribution >= 0.6 is 0 Å². The van der Waals surface area contributed by atoms with Crippen molar-refractivity contribution in [3.05, 3.63) is 36.0 Å². The van der Waals surface area contributed by atoms with Crippen LogP contribution in [0.1, 0.15) is 64.7 Å². The Morgan fingerprint density at radius 2 is 1.90 bits per heavy atom. The first-order valence-corrected chi connectivity index (χ1v) is 7.95. The molecule has 0 radical (unpaired) electrons. The zero-order valence-electron chi connectivity index (χ0n) is 12.7. The number of carboxylic acid groups (broad SMARTS) is 1. The monoisotopic (exact) mass is 276 g/mol. The van der Waals surface area contributed by atoms with Crippen LogP contribution in [0.4, 0.5) is 0 Å². The van der Waals surface area contributed by atoms with Crippen LogP contribution in [0.3, 0.4) is 0 Å². The smallest absolute Gasteiger partial charge is 0.328 e. The highest BCUT2D eigenvalue weighted by Gasteiger charge is 2.01. The van der Waals surface area contributed by atoms with Crippen molar-refractivity contribution in [2.24, 2.45) is 5.92 Å². The Labute approximate surface area is 123 Å². The van der Waals surface area contributed by atoms with Crippen molar-refractivity contribution < 1.29 is 9.90 Å². The van der Waals surface area contributed by atoms with Crippen LogP contribution in [0.5, 0.6) is 0 Å². The van der Waals surface area contributed by atoms with Gasteiger partial charge in [-0.25, -0.2) is 4.79 Å². The van der Waals surface area contributed by atoms with E-state index < -0.39 is 5.97 Å². The van der Waals surface area contributed by atoms with Gasteiger partial charge in [0, 0.05) is 6.08 Å². The fourth-order valence-electron chi connectivity index (χ4n) is 2.57. The Bertz CT molecular complexity index is 364. The van der Waals surface area contributed by atoms with Crippen molar-refractivity contribution >= 4 is 5.97 Å². The van der Waals surface area contributed by atoms with Gasteiger partial charge < -0.3 is 5.11 Å². The third kappa shape index (κ3) is 8.73. The third-order valence-electron chi connectivity index (χ3n) is 3.83. The summed E-state index contributed by atoms with van der Waals surface area (Å²) in [5, 5.41) is 8.63. The summed E-state index contributed by atoms with van der Waals surface area (Å²) in [6.45, 7) is 2.32. The largest absolute Gasteiger partial charge is 0.478 e. The standard InChI is InChI=1S/C18H28O2/c1-16-10-6-4-2-3-5-7-12-17(13-8-11-16)14-9-15-18(19)20/h8-9,13-16H,2-7,10-12H2,1H3,(H,19,20)/b13-8+,15-9+,17-14-. The summed E-state index contributed by atoms with van der Waals surface area (Å²) in [5.41, 5.74) is 1.24. The molecule has 0 bridgehead atoms. The van der Waals surface area contributed by atoms with Gasteiger partial charge >= 0.3 is 5.97 Å². The summed E-state index contributed by atoms with van der Waals surface area (Å²) in [4.78, 5) is 10.5. The third-order valence-corrected chi connectivity index (χ3v) is 3.83. The molecule has 20 heavy (non-hydrogen) atoms. The van der Waals surface area contributed by atoms with Crippen LogP contribution < -0.4 is 0 Å². The fourth-order valence-corrected chi connectivity index (χ4v) is 2.57. The van der Waals surface area contributed by atoms with Crippen LogP contribution in [0.25, 0.3) is 0 Å². The van der Waals surface area contributed by atoms with Gasteiger partial charge in [-0.1, -0.05) is 69.8 Å². The summed E-state index contributed by atoms with van der Waals surface area (Å²) < 4.78 is 0. The fraction of sp³-hybridized carbons (Fsp3) is 0.611. The molecule has 112 valence electrons. The molecule has 0 amide bonds. The van der Waals surface area contributed by atoms with Crippen LogP contribution in [0, 0.1) is 5.92 Å². The molecule has 1 atom stereocenters. The maximum Gasteiger partial charge on any atom is 0.328 e. The molecule has 2 heteroatoms. The van der Waals surface area contributed by atoms with Crippen LogP contribution in [0.15, 0.2) is 36.0 Å². The summed E-state index contributed by atoms with van der Waals surface area (Å²) in [5.74, 6) is -0.132. The number of hydrogen-bond acceptors (Lipinski definition) is 1. The van der Waals surface area contributed by atoms with Crippen LogP contribution in [-0.4, -0.2) is 11.1 Å². The molecule has 0 fully saturated rings. The average molecular weight is 276 g/mol. The minimum Gasteiger partial charge on any atom is -0.478 e. The maximum absolute atomic E-state index is 10.5. The highest BCUT2D eigenvalue weighted by molar-refractivity contribution is 5.80. The van der Waals surface area contributed by atoms with Gasteiger partial charge in [0.2, 0.25) is 0 Å². The van der Waals surface area contributed by atoms with Crippen molar-refractivity contribution in [1.29, 1.82) is 0 Å². The number of rotatable bonds is 2. The maximum atomic E-state index is 10.5. The quantitative estimate of drug-likeness (QED) is 0.697. The molecule has 0 saturated carbocycles. The number of aliphatic carboxylic acids is 1. The molecule has 0 aliphatic heterocycles. The Hall–Kier alpha value is -1.31. The van der Waals surface area contributed by atoms with Crippen molar-refractivity contribution in [2.45, 2.75) is 64.7 Å². The van der Waals surface area contributed by atoms with Gasteiger partial charge in [0.25, 0.3) is 0 Å². The lowest BCUT2D eigenvalue weighted by Gasteiger charge is -2.07. The lowest BCUT2D eigenvalue weighted by Crippen LogP contribution is -1.92. The topological polar surface area (TPSA) is 37.3 Å². The van der Waals surface area contributed by atoms with E-state index in [0.29, 0.717) is 0 Å². The lowest BCUT2D eigenvalue weighted by molar-refractivity contribution is -0.131. The van der Waals surface area contributed by atoms with E-state index in [9.17, 15) is 4.79 Å². The van der Waals surface area contributed by atoms with Gasteiger partial charge in [-0.2, -0.15) is 0 Å². The van der Waals surface area contributed by atoms with E-state index in [4.69, 9.17) is 5.11 Å². The van der Waals surface area contributed by atoms with E-state index in [-0.39, 0.29) is 0 Å². The second-order valence-electron chi connectivity index (χ2n) is 5.84. The van der Waals surface area contributed by atoms with Crippen LogP contribution in [-0.2, 0) is 4.79 Å². The molecule has 0 saturated heterocycles. The zero-order valence-corrected chi connectivity index (χ0v) is 12.7. The molecular weight excluding hydrogens is 248 g/mol. The van der Waals surface area contributed by atoms with Gasteiger partial charge in [-0.05, 0) is 30.8 Å². The molecule has 1 aliphatic carbocycles. The number of allylic oxidation sites excluding steroid dienone is 5. The highest BCUT2D eigenvalue weighted by Crippen LogP contribution is 2.19. The molecule has 1 unspecified atom stereocenters. The van der Waals surface area contributed by atoms with E-state index >= 15 is 0 Å². The molecule has 0 aromatic heterocycles. The first kappa shape index (κ1) is 16.7. The molecule has 0 aromatic carbocycles. The van der Waals surface area contributed by atoms with Crippen LogP contribution in [0.2, 0.25) is 0 Å². The Balaban J connectivity index is 2.61. The van der Waals surface area contributed by atoms with Gasteiger partial charge in [0.15, 0.2) is 0 Å². The van der Waals surface area contributed by atoms with E-state index in [0.717, 1.165) is 18.8 Å². The Kier molecular flexibility index (Phi) is 8.77.